The van der Waals surface area contributed by atoms with Gasteiger partial charge in [0.1, 0.15) is 6.61 Å². The van der Waals surface area contributed by atoms with Gasteiger partial charge in [0.25, 0.3) is 11.8 Å². The van der Waals surface area contributed by atoms with Crippen molar-refractivity contribution < 1.29 is 24.5 Å². The zero-order valence-electron chi connectivity index (χ0n) is 18.1. The van der Waals surface area contributed by atoms with Crippen molar-refractivity contribution in [1.29, 1.82) is 0 Å². The quantitative estimate of drug-likeness (QED) is 0.501. The summed E-state index contributed by atoms with van der Waals surface area (Å²) in [6.07, 6.45) is -2.42. The fraction of sp³-hybridized carbons (Fsp3) is 0.375. The largest absolute Gasteiger partial charge is 0.477 e. The van der Waals surface area contributed by atoms with Crippen molar-refractivity contribution in [3.63, 3.8) is 0 Å². The number of ether oxygens (including phenoxy) is 1. The molecule has 1 aliphatic rings. The third kappa shape index (κ3) is 6.63. The maximum absolute atomic E-state index is 12.4. The number of aliphatic hydroxyl groups excluding tert-OH is 2. The molecule has 0 radical (unpaired) electrons. The van der Waals surface area contributed by atoms with Gasteiger partial charge in [-0.05, 0) is 24.0 Å². The number of carbonyl (C=O) groups is 2. The van der Waals surface area contributed by atoms with Crippen molar-refractivity contribution >= 4 is 17.7 Å². The lowest BCUT2D eigenvalue weighted by Gasteiger charge is -2.23. The van der Waals surface area contributed by atoms with Crippen LogP contribution in [0.2, 0.25) is 0 Å². The van der Waals surface area contributed by atoms with E-state index in [0.29, 0.717) is 25.5 Å². The molecule has 0 aromatic heterocycles. The molecule has 0 fully saturated rings. The number of amides is 2. The Morgan fingerprint density at radius 3 is 2.34 bits per heavy atom. The standard InChI is InChI=1S/C24H29N3O5/c1-27(13-12-17-8-4-2-5-9-17)24(31)22(29)21(28)23(30)25-15-20-26-19(16-32-20)14-18-10-6-3-7-11-18/h2-11,19,21-22,28-29H,12-16H2,1H3,(H,25,30)/t19?,21-,22-/m1/s1. The molecule has 8 heteroatoms. The molecule has 3 N–H and O–H groups in total. The molecule has 1 aliphatic heterocycles. The second-order valence-electron chi connectivity index (χ2n) is 7.78. The Balaban J connectivity index is 1.43. The number of likely N-dealkylation sites (N-methyl/N-ethyl adjacent to an activating group) is 1. The predicted molar refractivity (Wildman–Crippen MR) is 120 cm³/mol. The molecule has 2 amide bonds. The second kappa shape index (κ2) is 11.4. The summed E-state index contributed by atoms with van der Waals surface area (Å²) in [7, 11) is 1.52. The van der Waals surface area contributed by atoms with Gasteiger partial charge in [-0.15, -0.1) is 0 Å². The molecular weight excluding hydrogens is 410 g/mol. The predicted octanol–water partition coefficient (Wildman–Crippen LogP) is 0.566. The zero-order chi connectivity index (χ0) is 22.9. The number of nitrogens with zero attached hydrogens (tertiary/aromatic N) is 2. The summed E-state index contributed by atoms with van der Waals surface area (Å²) in [6, 6.07) is 19.5. The summed E-state index contributed by atoms with van der Waals surface area (Å²) in [6.45, 7) is 0.740. The van der Waals surface area contributed by atoms with Crippen LogP contribution in [0.1, 0.15) is 11.1 Å². The molecule has 1 unspecified atom stereocenters. The fourth-order valence-corrected chi connectivity index (χ4v) is 3.38. The molecule has 0 saturated heterocycles. The fourth-order valence-electron chi connectivity index (χ4n) is 3.38. The Labute approximate surface area is 187 Å². The van der Waals surface area contributed by atoms with Crippen molar-refractivity contribution in [2.45, 2.75) is 31.1 Å². The Kier molecular flexibility index (Phi) is 8.35. The first-order valence-electron chi connectivity index (χ1n) is 10.6. The van der Waals surface area contributed by atoms with Crippen molar-refractivity contribution in [3.05, 3.63) is 71.8 Å². The van der Waals surface area contributed by atoms with E-state index < -0.39 is 24.0 Å². The van der Waals surface area contributed by atoms with Crippen LogP contribution in [0.4, 0.5) is 0 Å². The van der Waals surface area contributed by atoms with Gasteiger partial charge in [0.15, 0.2) is 12.2 Å². The minimum atomic E-state index is -1.89. The summed E-state index contributed by atoms with van der Waals surface area (Å²) in [5.41, 5.74) is 2.19. The minimum Gasteiger partial charge on any atom is -0.477 e. The number of benzene rings is 2. The lowest BCUT2D eigenvalue weighted by atomic mass is 10.1. The number of hydrogen-bond donors (Lipinski definition) is 3. The van der Waals surface area contributed by atoms with Gasteiger partial charge < -0.3 is 25.2 Å². The lowest BCUT2D eigenvalue weighted by Crippen LogP contribution is -2.50. The number of aliphatic hydroxyl groups is 2. The molecule has 0 aliphatic carbocycles. The summed E-state index contributed by atoms with van der Waals surface area (Å²) >= 11 is 0. The summed E-state index contributed by atoms with van der Waals surface area (Å²) in [5.74, 6) is -1.23. The van der Waals surface area contributed by atoms with Crippen molar-refractivity contribution in [2.75, 3.05) is 26.7 Å². The number of nitrogens with one attached hydrogen (secondary N) is 1. The second-order valence-corrected chi connectivity index (χ2v) is 7.78. The van der Waals surface area contributed by atoms with Crippen LogP contribution >= 0.6 is 0 Å². The first-order valence-corrected chi connectivity index (χ1v) is 10.6. The van der Waals surface area contributed by atoms with Crippen LogP contribution in [0.15, 0.2) is 65.7 Å². The van der Waals surface area contributed by atoms with E-state index in [9.17, 15) is 19.8 Å². The van der Waals surface area contributed by atoms with Gasteiger partial charge in [-0.25, -0.2) is 4.99 Å². The molecule has 0 bridgehead atoms. The van der Waals surface area contributed by atoms with Crippen LogP contribution in [-0.2, 0) is 27.2 Å². The van der Waals surface area contributed by atoms with Crippen LogP contribution in [-0.4, -0.2) is 77.8 Å². The van der Waals surface area contributed by atoms with E-state index in [2.05, 4.69) is 10.3 Å². The van der Waals surface area contributed by atoms with E-state index in [0.717, 1.165) is 17.5 Å². The van der Waals surface area contributed by atoms with Gasteiger partial charge in [-0.2, -0.15) is 0 Å². The molecule has 3 rings (SSSR count). The van der Waals surface area contributed by atoms with E-state index in [1.807, 2.05) is 60.7 Å². The number of rotatable bonds is 10. The molecular formula is C24H29N3O5. The van der Waals surface area contributed by atoms with Gasteiger partial charge in [-0.3, -0.25) is 9.59 Å². The van der Waals surface area contributed by atoms with Crippen LogP contribution in [0.25, 0.3) is 0 Å². The third-order valence-corrected chi connectivity index (χ3v) is 5.27. The first-order chi connectivity index (χ1) is 15.4. The van der Waals surface area contributed by atoms with E-state index in [-0.39, 0.29) is 12.6 Å². The molecule has 0 spiro atoms. The van der Waals surface area contributed by atoms with Crippen LogP contribution in [0.5, 0.6) is 0 Å². The normalized spacial score (nSPS) is 17.1. The van der Waals surface area contributed by atoms with Gasteiger partial charge in [-0.1, -0.05) is 60.7 Å². The van der Waals surface area contributed by atoms with E-state index in [1.54, 1.807) is 0 Å². The van der Waals surface area contributed by atoms with Crippen LogP contribution < -0.4 is 5.32 Å². The average molecular weight is 440 g/mol. The van der Waals surface area contributed by atoms with Crippen molar-refractivity contribution in [1.82, 2.24) is 10.2 Å². The van der Waals surface area contributed by atoms with Gasteiger partial charge in [0, 0.05) is 13.6 Å². The maximum atomic E-state index is 12.4. The minimum absolute atomic E-state index is 0.0219. The first kappa shape index (κ1) is 23.4. The van der Waals surface area contributed by atoms with Gasteiger partial charge in [0.05, 0.1) is 12.6 Å². The maximum Gasteiger partial charge on any atom is 0.254 e. The molecule has 1 heterocycles. The summed E-state index contributed by atoms with van der Waals surface area (Å²) in [5, 5.41) is 22.7. The van der Waals surface area contributed by atoms with Crippen molar-refractivity contribution in [3.8, 4) is 0 Å². The van der Waals surface area contributed by atoms with Gasteiger partial charge >= 0.3 is 0 Å². The SMILES string of the molecule is CN(CCc1ccccc1)C(=O)[C@H](O)[C@@H](O)C(=O)NCC1=NC(Cc2ccccc2)CO1. The molecule has 3 atom stereocenters. The molecule has 2 aromatic carbocycles. The average Bonchev–Trinajstić information content (AvgIpc) is 3.28. The highest BCUT2D eigenvalue weighted by Gasteiger charge is 2.32. The highest BCUT2D eigenvalue weighted by molar-refractivity contribution is 5.92. The highest BCUT2D eigenvalue weighted by Crippen LogP contribution is 2.11. The number of aliphatic imine (C=N–C) groups is 1. The lowest BCUT2D eigenvalue weighted by molar-refractivity contribution is -0.152. The molecule has 8 nitrogen and oxygen atoms in total. The van der Waals surface area contributed by atoms with Gasteiger partial charge in [0.2, 0.25) is 5.90 Å². The van der Waals surface area contributed by atoms with Crippen molar-refractivity contribution in [2.24, 2.45) is 4.99 Å². The number of hydrogen-bond acceptors (Lipinski definition) is 6. The smallest absolute Gasteiger partial charge is 0.254 e. The summed E-state index contributed by atoms with van der Waals surface area (Å²) in [4.78, 5) is 30.3. The Hall–Kier alpha value is -3.23. The third-order valence-electron chi connectivity index (χ3n) is 5.27. The Morgan fingerprint density at radius 1 is 1.06 bits per heavy atom. The van der Waals surface area contributed by atoms with E-state index in [4.69, 9.17) is 4.74 Å². The Morgan fingerprint density at radius 2 is 1.69 bits per heavy atom. The summed E-state index contributed by atoms with van der Waals surface area (Å²) < 4.78 is 5.50. The number of carbonyl (C=O) groups excluding carboxylic acids is 2. The molecule has 170 valence electrons. The van der Waals surface area contributed by atoms with Crippen LogP contribution in [0, 0.1) is 0 Å². The highest BCUT2D eigenvalue weighted by atomic mass is 16.5. The van der Waals surface area contributed by atoms with Crippen LogP contribution in [0.3, 0.4) is 0 Å². The molecule has 0 saturated carbocycles. The molecule has 2 aromatic rings. The Bertz CT molecular complexity index is 920. The zero-order valence-corrected chi connectivity index (χ0v) is 18.1. The molecule has 32 heavy (non-hydrogen) atoms. The van der Waals surface area contributed by atoms with E-state index >= 15 is 0 Å². The van der Waals surface area contributed by atoms with E-state index in [1.165, 1.54) is 11.9 Å². The topological polar surface area (TPSA) is 111 Å². The monoisotopic (exact) mass is 439 g/mol.